The molecular formula is C26H26N2O3. The summed E-state index contributed by atoms with van der Waals surface area (Å²) in [5, 5.41) is 3.02. The number of nitrogens with zero attached hydrogens (tertiary/aromatic N) is 1. The first-order chi connectivity index (χ1) is 15.2. The van der Waals surface area contributed by atoms with E-state index in [4.69, 9.17) is 4.74 Å². The highest BCUT2D eigenvalue weighted by Gasteiger charge is 2.22. The molecule has 0 heterocycles. The third kappa shape index (κ3) is 5.31. The monoisotopic (exact) mass is 414 g/mol. The maximum atomic E-state index is 12.6. The first-order valence-corrected chi connectivity index (χ1v) is 10.6. The van der Waals surface area contributed by atoms with Crippen LogP contribution in [0.15, 0.2) is 84.9 Å². The molecule has 1 amide bonds. The third-order valence-electron chi connectivity index (χ3n) is 5.49. The van der Waals surface area contributed by atoms with Crippen LogP contribution >= 0.6 is 0 Å². The molecule has 158 valence electrons. The maximum Gasteiger partial charge on any atom is 0.326 e. The first-order valence-electron chi connectivity index (χ1n) is 10.6. The molecule has 3 aromatic rings. The molecule has 4 rings (SSSR count). The van der Waals surface area contributed by atoms with E-state index in [0.717, 1.165) is 36.2 Å². The Labute approximate surface area is 182 Å². The summed E-state index contributed by atoms with van der Waals surface area (Å²) in [5.74, 6) is -0.729. The molecule has 0 aliphatic heterocycles. The van der Waals surface area contributed by atoms with Crippen molar-refractivity contribution >= 4 is 23.3 Å². The summed E-state index contributed by atoms with van der Waals surface area (Å²) in [6, 6.07) is 27.5. The number of carbonyl (C=O) groups excluding carboxylic acids is 2. The minimum atomic E-state index is -0.452. The van der Waals surface area contributed by atoms with Gasteiger partial charge in [0.2, 0.25) is 0 Å². The van der Waals surface area contributed by atoms with E-state index in [0.29, 0.717) is 0 Å². The molecule has 1 aliphatic rings. The van der Waals surface area contributed by atoms with Gasteiger partial charge in [-0.2, -0.15) is 0 Å². The summed E-state index contributed by atoms with van der Waals surface area (Å²) in [4.78, 5) is 26.9. The number of aryl methyl sites for hydroxylation is 1. The zero-order valence-corrected chi connectivity index (χ0v) is 17.4. The Morgan fingerprint density at radius 3 is 2.16 bits per heavy atom. The minimum absolute atomic E-state index is 0.0214. The van der Waals surface area contributed by atoms with E-state index in [1.165, 1.54) is 5.56 Å². The first kappa shape index (κ1) is 20.7. The molecule has 0 aromatic heterocycles. The van der Waals surface area contributed by atoms with Crippen LogP contribution in [0.1, 0.15) is 30.0 Å². The number of benzene rings is 3. The molecule has 5 nitrogen and oxygen atoms in total. The number of hydrogen-bond donors (Lipinski definition) is 1. The quantitative estimate of drug-likeness (QED) is 0.576. The van der Waals surface area contributed by atoms with Crippen LogP contribution in [0.3, 0.4) is 0 Å². The molecule has 1 aliphatic carbocycles. The second-order valence-corrected chi connectivity index (χ2v) is 7.63. The highest BCUT2D eigenvalue weighted by molar-refractivity contribution is 5.84. The molecule has 1 N–H and O–H groups in total. The molecule has 31 heavy (non-hydrogen) atoms. The van der Waals surface area contributed by atoms with Crippen molar-refractivity contribution in [2.45, 2.75) is 25.3 Å². The van der Waals surface area contributed by atoms with Gasteiger partial charge in [0.1, 0.15) is 6.54 Å². The Morgan fingerprint density at radius 2 is 1.48 bits per heavy atom. The summed E-state index contributed by atoms with van der Waals surface area (Å²) in [6.45, 7) is -0.261. The van der Waals surface area contributed by atoms with Crippen molar-refractivity contribution in [1.82, 2.24) is 5.32 Å². The number of nitrogens with one attached hydrogen (secondary N) is 1. The van der Waals surface area contributed by atoms with Crippen LogP contribution in [0.2, 0.25) is 0 Å². The normalized spacial score (nSPS) is 14.9. The molecule has 0 bridgehead atoms. The fraction of sp³-hybridized carbons (Fsp3) is 0.231. The van der Waals surface area contributed by atoms with Crippen LogP contribution in [0.5, 0.6) is 0 Å². The number of amides is 1. The van der Waals surface area contributed by atoms with E-state index in [-0.39, 0.29) is 25.1 Å². The SMILES string of the molecule is O=C(COC(=O)CN(c1ccccc1)c1ccccc1)NC1CCCc2ccccc21. The lowest BCUT2D eigenvalue weighted by Crippen LogP contribution is -2.35. The summed E-state index contributed by atoms with van der Waals surface area (Å²) in [5.41, 5.74) is 4.20. The largest absolute Gasteiger partial charge is 0.454 e. The van der Waals surface area contributed by atoms with Gasteiger partial charge in [0.15, 0.2) is 6.61 Å². The van der Waals surface area contributed by atoms with Crippen LogP contribution < -0.4 is 10.2 Å². The molecule has 0 fully saturated rings. The number of rotatable bonds is 7. The van der Waals surface area contributed by atoms with Crippen LogP contribution in [0, 0.1) is 0 Å². The zero-order chi connectivity index (χ0) is 21.5. The van der Waals surface area contributed by atoms with Crippen LogP contribution in [-0.4, -0.2) is 25.0 Å². The Bertz CT molecular complexity index is 982. The summed E-state index contributed by atoms with van der Waals surface area (Å²) in [6.07, 6.45) is 2.96. The van der Waals surface area contributed by atoms with Crippen molar-refractivity contribution in [2.75, 3.05) is 18.1 Å². The second-order valence-electron chi connectivity index (χ2n) is 7.63. The molecule has 5 heteroatoms. The summed E-state index contributed by atoms with van der Waals surface area (Å²) >= 11 is 0. The number of ether oxygens (including phenoxy) is 1. The highest BCUT2D eigenvalue weighted by Crippen LogP contribution is 2.29. The molecule has 1 atom stereocenters. The van der Waals surface area contributed by atoms with Gasteiger partial charge in [-0.15, -0.1) is 0 Å². The third-order valence-corrected chi connectivity index (χ3v) is 5.49. The molecular weight excluding hydrogens is 388 g/mol. The second kappa shape index (κ2) is 9.94. The van der Waals surface area contributed by atoms with Gasteiger partial charge in [-0.05, 0) is 54.7 Å². The van der Waals surface area contributed by atoms with Gasteiger partial charge in [0.25, 0.3) is 5.91 Å². The van der Waals surface area contributed by atoms with Crippen molar-refractivity contribution in [3.63, 3.8) is 0 Å². The van der Waals surface area contributed by atoms with Crippen LogP contribution in [0.4, 0.5) is 11.4 Å². The van der Waals surface area contributed by atoms with E-state index >= 15 is 0 Å². The lowest BCUT2D eigenvalue weighted by Gasteiger charge is -2.26. The Hall–Kier alpha value is -3.60. The van der Waals surface area contributed by atoms with Gasteiger partial charge < -0.3 is 15.0 Å². The molecule has 0 radical (unpaired) electrons. The molecule has 0 spiro atoms. The fourth-order valence-corrected chi connectivity index (χ4v) is 4.01. The van der Waals surface area contributed by atoms with Gasteiger partial charge in [0, 0.05) is 11.4 Å². The molecule has 0 saturated carbocycles. The van der Waals surface area contributed by atoms with Crippen molar-refractivity contribution in [3.8, 4) is 0 Å². The number of esters is 1. The number of fused-ring (bicyclic) bond motifs is 1. The van der Waals surface area contributed by atoms with Gasteiger partial charge in [-0.1, -0.05) is 60.7 Å². The zero-order valence-electron chi connectivity index (χ0n) is 17.4. The average Bonchev–Trinajstić information content (AvgIpc) is 2.82. The van der Waals surface area contributed by atoms with Crippen molar-refractivity contribution < 1.29 is 14.3 Å². The standard InChI is InChI=1S/C26H26N2O3/c29-25(27-24-17-9-11-20-10-7-8-16-23(20)24)19-31-26(30)18-28(21-12-3-1-4-13-21)22-14-5-2-6-15-22/h1-8,10,12-16,24H,9,11,17-19H2,(H,27,29). The number of hydrogen-bond acceptors (Lipinski definition) is 4. The van der Waals surface area contributed by atoms with Crippen molar-refractivity contribution in [3.05, 3.63) is 96.1 Å². The molecule has 1 unspecified atom stereocenters. The Balaban J connectivity index is 1.35. The highest BCUT2D eigenvalue weighted by atomic mass is 16.5. The van der Waals surface area contributed by atoms with Crippen LogP contribution in [-0.2, 0) is 20.7 Å². The topological polar surface area (TPSA) is 58.6 Å². The van der Waals surface area contributed by atoms with Gasteiger partial charge in [-0.3, -0.25) is 9.59 Å². The number of anilines is 2. The van der Waals surface area contributed by atoms with Gasteiger partial charge >= 0.3 is 5.97 Å². The minimum Gasteiger partial charge on any atom is -0.454 e. The number of carbonyl (C=O) groups is 2. The van der Waals surface area contributed by atoms with E-state index in [1.54, 1.807) is 0 Å². The van der Waals surface area contributed by atoms with Gasteiger partial charge in [0.05, 0.1) is 6.04 Å². The van der Waals surface area contributed by atoms with Crippen molar-refractivity contribution in [2.24, 2.45) is 0 Å². The number of para-hydroxylation sites is 2. The summed E-state index contributed by atoms with van der Waals surface area (Å²) in [7, 11) is 0. The van der Waals surface area contributed by atoms with E-state index in [9.17, 15) is 9.59 Å². The van der Waals surface area contributed by atoms with E-state index in [2.05, 4.69) is 17.4 Å². The predicted octanol–water partition coefficient (Wildman–Crippen LogP) is 4.56. The van der Waals surface area contributed by atoms with E-state index in [1.807, 2.05) is 77.7 Å². The lowest BCUT2D eigenvalue weighted by atomic mass is 9.88. The predicted molar refractivity (Wildman–Crippen MR) is 121 cm³/mol. The Morgan fingerprint density at radius 1 is 0.871 bits per heavy atom. The van der Waals surface area contributed by atoms with E-state index < -0.39 is 5.97 Å². The average molecular weight is 415 g/mol. The van der Waals surface area contributed by atoms with Crippen molar-refractivity contribution in [1.29, 1.82) is 0 Å². The van der Waals surface area contributed by atoms with Gasteiger partial charge in [-0.25, -0.2) is 0 Å². The Kier molecular flexibility index (Phi) is 6.62. The smallest absolute Gasteiger partial charge is 0.326 e. The maximum absolute atomic E-state index is 12.6. The molecule has 3 aromatic carbocycles. The molecule has 0 saturated heterocycles. The fourth-order valence-electron chi connectivity index (χ4n) is 4.01. The summed E-state index contributed by atoms with van der Waals surface area (Å²) < 4.78 is 5.31. The van der Waals surface area contributed by atoms with Crippen LogP contribution in [0.25, 0.3) is 0 Å². The lowest BCUT2D eigenvalue weighted by molar-refractivity contribution is -0.147.